The molecule has 0 bridgehead atoms. The lowest BCUT2D eigenvalue weighted by molar-refractivity contribution is -0.138. The Morgan fingerprint density at radius 3 is 2.54 bits per heavy atom. The van der Waals surface area contributed by atoms with Gasteiger partial charge in [-0.15, -0.1) is 0 Å². The van der Waals surface area contributed by atoms with E-state index in [4.69, 9.17) is 9.47 Å². The number of pyridine rings is 1. The molecule has 0 aliphatic carbocycles. The number of carbonyl (C=O) groups excluding carboxylic acids is 2. The van der Waals surface area contributed by atoms with Gasteiger partial charge >= 0.3 is 5.97 Å². The number of ether oxygens (including phenoxy) is 2. The van der Waals surface area contributed by atoms with Crippen LogP contribution in [0, 0.1) is 0 Å². The van der Waals surface area contributed by atoms with Gasteiger partial charge in [0, 0.05) is 17.8 Å². The summed E-state index contributed by atoms with van der Waals surface area (Å²) in [6.45, 7) is 9.62. The second kappa shape index (κ2) is 8.99. The lowest BCUT2D eigenvalue weighted by Gasteiger charge is -2.20. The molecule has 6 nitrogen and oxygen atoms in total. The molecule has 1 aromatic heterocycles. The van der Waals surface area contributed by atoms with Crippen LogP contribution >= 0.6 is 0 Å². The van der Waals surface area contributed by atoms with Gasteiger partial charge in [-0.2, -0.15) is 4.99 Å². The van der Waals surface area contributed by atoms with Gasteiger partial charge in [0.1, 0.15) is 11.6 Å². The summed E-state index contributed by atoms with van der Waals surface area (Å²) in [5, 5.41) is 0. The maximum absolute atomic E-state index is 12.2. The molecular formula is C18H24N2O4. The van der Waals surface area contributed by atoms with Gasteiger partial charge in [0.05, 0.1) is 12.2 Å². The molecule has 1 rings (SSSR count). The summed E-state index contributed by atoms with van der Waals surface area (Å²) in [5.74, 6) is -0.0457. The number of isocyanates is 1. The number of allylic oxidation sites excluding steroid dienone is 1. The first-order chi connectivity index (χ1) is 11.3. The number of nitrogens with zero attached hydrogens (tertiary/aromatic N) is 2. The summed E-state index contributed by atoms with van der Waals surface area (Å²) >= 11 is 0. The van der Waals surface area contributed by atoms with Crippen LogP contribution in [0.5, 0.6) is 5.88 Å². The van der Waals surface area contributed by atoms with Crippen LogP contribution in [0.3, 0.4) is 0 Å². The number of hydrogen-bond donors (Lipinski definition) is 0. The zero-order chi connectivity index (χ0) is 18.2. The van der Waals surface area contributed by atoms with Gasteiger partial charge in [0.25, 0.3) is 0 Å². The van der Waals surface area contributed by atoms with Crippen LogP contribution in [0.2, 0.25) is 0 Å². The Morgan fingerprint density at radius 2 is 2.08 bits per heavy atom. The number of rotatable bonds is 7. The van der Waals surface area contributed by atoms with Gasteiger partial charge in [0.15, 0.2) is 0 Å². The van der Waals surface area contributed by atoms with E-state index in [0.29, 0.717) is 23.4 Å². The van der Waals surface area contributed by atoms with Gasteiger partial charge in [0.2, 0.25) is 12.0 Å². The van der Waals surface area contributed by atoms with Crippen molar-refractivity contribution in [2.24, 2.45) is 4.99 Å². The van der Waals surface area contributed by atoms with Crippen molar-refractivity contribution in [3.8, 4) is 5.88 Å². The molecule has 1 heterocycles. The highest BCUT2D eigenvalue weighted by Gasteiger charge is 2.24. The van der Waals surface area contributed by atoms with E-state index in [1.807, 2.05) is 27.7 Å². The lowest BCUT2D eigenvalue weighted by atomic mass is 10.00. The number of aromatic nitrogens is 1. The van der Waals surface area contributed by atoms with Crippen molar-refractivity contribution in [1.29, 1.82) is 0 Å². The number of esters is 1. The molecule has 1 aromatic rings. The maximum Gasteiger partial charge on any atom is 0.336 e. The second-order valence-corrected chi connectivity index (χ2v) is 6.06. The molecule has 0 spiro atoms. The van der Waals surface area contributed by atoms with Crippen LogP contribution in [-0.4, -0.2) is 29.2 Å². The molecule has 0 saturated heterocycles. The minimum absolute atomic E-state index is 0.244. The highest BCUT2D eigenvalue weighted by Crippen LogP contribution is 2.28. The smallest absolute Gasteiger partial charge is 0.336 e. The Hall–Kier alpha value is -2.46. The van der Waals surface area contributed by atoms with Gasteiger partial charge in [-0.1, -0.05) is 13.0 Å². The van der Waals surface area contributed by atoms with Crippen LogP contribution in [0.25, 0.3) is 0 Å². The molecule has 1 atom stereocenters. The van der Waals surface area contributed by atoms with Crippen molar-refractivity contribution >= 4 is 12.0 Å². The molecular weight excluding hydrogens is 308 g/mol. The van der Waals surface area contributed by atoms with Crippen molar-refractivity contribution in [3.63, 3.8) is 0 Å². The molecule has 6 heteroatoms. The van der Waals surface area contributed by atoms with Crippen molar-refractivity contribution in [1.82, 2.24) is 4.98 Å². The minimum Gasteiger partial charge on any atom is -0.472 e. The topological polar surface area (TPSA) is 77.8 Å². The van der Waals surface area contributed by atoms with Gasteiger partial charge in [-0.05, 0) is 40.2 Å². The summed E-state index contributed by atoms with van der Waals surface area (Å²) in [5.41, 5.74) is 0.522. The van der Waals surface area contributed by atoms with Crippen molar-refractivity contribution in [2.45, 2.75) is 52.7 Å². The highest BCUT2D eigenvalue weighted by atomic mass is 16.5. The van der Waals surface area contributed by atoms with E-state index in [1.54, 1.807) is 25.1 Å². The van der Waals surface area contributed by atoms with Crippen molar-refractivity contribution in [2.75, 3.05) is 6.61 Å². The highest BCUT2D eigenvalue weighted by molar-refractivity contribution is 5.90. The van der Waals surface area contributed by atoms with E-state index < -0.39 is 12.0 Å². The van der Waals surface area contributed by atoms with E-state index in [0.717, 1.165) is 0 Å². The molecule has 0 amide bonds. The normalized spacial score (nSPS) is 13.0. The van der Waals surface area contributed by atoms with Crippen LogP contribution in [-0.2, 0) is 14.3 Å². The summed E-state index contributed by atoms with van der Waals surface area (Å²) in [6, 6.07) is 2.61. The third kappa shape index (κ3) is 5.97. The van der Waals surface area contributed by atoms with Crippen LogP contribution < -0.4 is 4.74 Å². The monoisotopic (exact) mass is 332 g/mol. The van der Waals surface area contributed by atoms with Crippen molar-refractivity contribution in [3.05, 3.63) is 35.5 Å². The number of aliphatic imine (C=N–C) groups is 1. The molecule has 0 aliphatic heterocycles. The van der Waals surface area contributed by atoms with Gasteiger partial charge in [-0.25, -0.2) is 14.6 Å². The SMILES string of the molecule is CCC=C(C(=O)OCC)C(N=C=O)c1ccc(OC(C)(C)C)nc1. The average molecular weight is 332 g/mol. The fourth-order valence-electron chi connectivity index (χ4n) is 2.04. The second-order valence-electron chi connectivity index (χ2n) is 6.06. The molecule has 0 N–H and O–H groups in total. The Bertz CT molecular complexity index is 623. The zero-order valence-electron chi connectivity index (χ0n) is 14.8. The first-order valence-corrected chi connectivity index (χ1v) is 7.91. The first kappa shape index (κ1) is 19.6. The van der Waals surface area contributed by atoms with E-state index in [2.05, 4.69) is 9.98 Å². The predicted molar refractivity (Wildman–Crippen MR) is 90.5 cm³/mol. The van der Waals surface area contributed by atoms with Crippen LogP contribution in [0.1, 0.15) is 52.6 Å². The Kier molecular flexibility index (Phi) is 7.33. The molecule has 0 aromatic carbocycles. The third-order valence-corrected chi connectivity index (χ3v) is 2.90. The average Bonchev–Trinajstić information content (AvgIpc) is 2.50. The standard InChI is InChI=1S/C18H24N2O4/c1-6-8-14(17(22)23-7-2)16(20-12-21)13-9-10-15(19-11-13)24-18(3,4)5/h8-11,16H,6-7H2,1-5H3. The Balaban J connectivity index is 3.17. The van der Waals surface area contributed by atoms with Gasteiger partial charge in [-0.3, -0.25) is 0 Å². The molecule has 24 heavy (non-hydrogen) atoms. The van der Waals surface area contributed by atoms with Crippen molar-refractivity contribution < 1.29 is 19.1 Å². The summed E-state index contributed by atoms with van der Waals surface area (Å²) in [4.78, 5) is 31.0. The van der Waals surface area contributed by atoms with E-state index in [9.17, 15) is 9.59 Å². The molecule has 0 radical (unpaired) electrons. The quantitative estimate of drug-likeness (QED) is 0.330. The van der Waals surface area contributed by atoms with Crippen LogP contribution in [0.4, 0.5) is 0 Å². The molecule has 0 saturated carbocycles. The number of hydrogen-bond acceptors (Lipinski definition) is 6. The Labute approximate surface area is 142 Å². The first-order valence-electron chi connectivity index (χ1n) is 7.91. The van der Waals surface area contributed by atoms with Gasteiger partial charge < -0.3 is 9.47 Å². The fraction of sp³-hybridized carbons (Fsp3) is 0.500. The largest absolute Gasteiger partial charge is 0.472 e. The predicted octanol–water partition coefficient (Wildman–Crippen LogP) is 3.54. The summed E-state index contributed by atoms with van der Waals surface area (Å²) in [7, 11) is 0. The molecule has 1 unspecified atom stereocenters. The summed E-state index contributed by atoms with van der Waals surface area (Å²) in [6.07, 6.45) is 5.37. The Morgan fingerprint density at radius 1 is 1.38 bits per heavy atom. The van der Waals surface area contributed by atoms with Crippen LogP contribution in [0.15, 0.2) is 35.0 Å². The number of carbonyl (C=O) groups is 1. The van der Waals surface area contributed by atoms with E-state index >= 15 is 0 Å². The fourth-order valence-corrected chi connectivity index (χ4v) is 2.04. The zero-order valence-corrected chi connectivity index (χ0v) is 14.8. The lowest BCUT2D eigenvalue weighted by Crippen LogP contribution is -2.23. The minimum atomic E-state index is -0.794. The summed E-state index contributed by atoms with van der Waals surface area (Å²) < 4.78 is 10.7. The molecule has 130 valence electrons. The molecule has 0 fully saturated rings. The van der Waals surface area contributed by atoms with E-state index in [-0.39, 0.29) is 12.2 Å². The van der Waals surface area contributed by atoms with E-state index in [1.165, 1.54) is 12.3 Å². The third-order valence-electron chi connectivity index (χ3n) is 2.90. The molecule has 0 aliphatic rings. The maximum atomic E-state index is 12.2.